The van der Waals surface area contributed by atoms with Crippen LogP contribution < -0.4 is 22.0 Å². The molecule has 0 fully saturated rings. The Morgan fingerprint density at radius 2 is 0.880 bits per heavy atom. The summed E-state index contributed by atoms with van der Waals surface area (Å²) in [4.78, 5) is 0. The van der Waals surface area contributed by atoms with Crippen LogP contribution in [0.5, 0.6) is 0 Å². The van der Waals surface area contributed by atoms with Crippen LogP contribution >= 0.6 is 63.7 Å². The minimum atomic E-state index is -4.44. The van der Waals surface area contributed by atoms with E-state index in [1.807, 2.05) is 0 Å². The van der Waals surface area contributed by atoms with Crippen LogP contribution in [0.4, 0.5) is 0 Å². The molecule has 2 aliphatic rings. The van der Waals surface area contributed by atoms with Gasteiger partial charge in [0.05, 0.1) is 22.8 Å². The summed E-state index contributed by atoms with van der Waals surface area (Å²) in [6.07, 6.45) is -0.577. The number of primary sulfonamides is 2. The second kappa shape index (κ2) is 12.8. The number of nitrogens with two attached hydrogens (primary N) is 4. The normalized spacial score (nSPS) is 22.4. The van der Waals surface area contributed by atoms with Gasteiger partial charge >= 0.3 is 0 Å². The molecule has 0 saturated carbocycles. The van der Waals surface area contributed by atoms with Gasteiger partial charge in [-0.3, -0.25) is 10.8 Å². The molecule has 0 spiro atoms. The number of hydrogen-bond acceptors (Lipinski definition) is 10. The molecule has 12 nitrogen and oxygen atoms in total. The maximum atomic E-state index is 13.7. The monoisotopic (exact) mass is 966 g/mol. The van der Waals surface area contributed by atoms with Gasteiger partial charge in [0, 0.05) is 53.0 Å². The highest BCUT2D eigenvalue weighted by Gasteiger charge is 2.54. The first-order valence-electron chi connectivity index (χ1n) is 14.4. The minimum absolute atomic E-state index is 0.000537. The van der Waals surface area contributed by atoms with Crippen LogP contribution in [0, 0.1) is 10.8 Å². The van der Waals surface area contributed by atoms with E-state index >= 15 is 0 Å². The molecular formula is C32H26Br4N8O4S2. The minimum Gasteiger partial charge on any atom is -0.323 e. The molecule has 4 aromatic rings. The predicted molar refractivity (Wildman–Crippen MR) is 209 cm³/mol. The van der Waals surface area contributed by atoms with Gasteiger partial charge in [0.25, 0.3) is 0 Å². The van der Waals surface area contributed by atoms with Crippen molar-refractivity contribution in [2.75, 3.05) is 0 Å². The quantitative estimate of drug-likeness (QED) is 0.109. The van der Waals surface area contributed by atoms with Crippen molar-refractivity contribution in [2.45, 2.75) is 22.3 Å². The highest BCUT2D eigenvalue weighted by atomic mass is 79.9. The summed E-state index contributed by atoms with van der Waals surface area (Å²) >= 11 is 14.5. The Labute approximate surface area is 321 Å². The van der Waals surface area contributed by atoms with Crippen LogP contribution in [0.3, 0.4) is 0 Å². The number of hydrogen-bond donors (Lipinski definition) is 6. The summed E-state index contributed by atoms with van der Waals surface area (Å²) < 4.78 is 52.6. The number of nitrogens with one attached hydrogen (secondary N) is 2. The Bertz CT molecular complexity index is 2260. The van der Waals surface area contributed by atoms with Crippen LogP contribution in [0.25, 0.3) is 11.1 Å². The van der Waals surface area contributed by atoms with E-state index in [4.69, 9.17) is 32.8 Å². The Morgan fingerprint density at radius 1 is 0.580 bits per heavy atom. The fourth-order valence-electron chi connectivity index (χ4n) is 6.97. The number of halogens is 4. The molecule has 0 aliphatic heterocycles. The molecule has 0 bridgehead atoms. The van der Waals surface area contributed by atoms with E-state index in [1.54, 1.807) is 72.8 Å². The second-order valence-corrected chi connectivity index (χ2v) is 18.7. The molecule has 6 rings (SSSR count). The van der Waals surface area contributed by atoms with Crippen molar-refractivity contribution in [1.29, 1.82) is 10.8 Å². The van der Waals surface area contributed by atoms with Gasteiger partial charge < -0.3 is 11.7 Å². The summed E-state index contributed by atoms with van der Waals surface area (Å²) in [5.41, 5.74) is 3.17. The molecule has 10 N–H and O–H groups in total. The van der Waals surface area contributed by atoms with E-state index in [0.717, 1.165) is 0 Å². The Balaban J connectivity index is 1.58. The highest BCUT2D eigenvalue weighted by Crippen LogP contribution is 2.53. The molecular weight excluding hydrogens is 944 g/mol. The first-order valence-corrected chi connectivity index (χ1v) is 20.7. The van der Waals surface area contributed by atoms with Crippen molar-refractivity contribution in [3.63, 3.8) is 0 Å². The van der Waals surface area contributed by atoms with Crippen molar-refractivity contribution in [1.82, 2.24) is 0 Å². The van der Waals surface area contributed by atoms with Gasteiger partial charge in [-0.1, -0.05) is 112 Å². The average Bonchev–Trinajstić information content (AvgIpc) is 3.05. The molecule has 0 saturated heterocycles. The smallest absolute Gasteiger partial charge is 0.223 e. The zero-order valence-corrected chi connectivity index (χ0v) is 33.5. The van der Waals surface area contributed by atoms with Gasteiger partial charge in [-0.05, 0) is 46.5 Å². The third-order valence-electron chi connectivity index (χ3n) is 9.18. The first kappa shape index (κ1) is 36.7. The van der Waals surface area contributed by atoms with E-state index < -0.39 is 29.5 Å². The second-order valence-electron chi connectivity index (χ2n) is 11.7. The van der Waals surface area contributed by atoms with Gasteiger partial charge in [-0.2, -0.15) is 10.2 Å². The maximum absolute atomic E-state index is 13.7. The molecule has 4 aromatic carbocycles. The number of fused-ring (bicyclic) bond motifs is 2. The van der Waals surface area contributed by atoms with E-state index in [0.29, 0.717) is 51.3 Å². The molecule has 0 radical (unpaired) electrons. The first-order chi connectivity index (χ1) is 23.4. The van der Waals surface area contributed by atoms with Crippen molar-refractivity contribution in [3.05, 3.63) is 124 Å². The van der Waals surface area contributed by atoms with Crippen LogP contribution in [0.1, 0.15) is 46.2 Å². The molecule has 0 aromatic heterocycles. The van der Waals surface area contributed by atoms with Crippen LogP contribution in [0.15, 0.2) is 101 Å². The largest absolute Gasteiger partial charge is 0.323 e. The fourth-order valence-corrected chi connectivity index (χ4v) is 13.9. The molecule has 2 atom stereocenters. The number of benzene rings is 4. The standard InChI is InChI=1S/C32H26Br4N8O4S2/c33-21-9-15(10-22(34)27(21)31(49(41,45)46)13-25(43-39)29(37)17-5-1-3-7-19(17)31)16-11-23(35)28(24(36)12-16)32(50(42,47)48)14-26(44-40)30(38)18-6-2-4-8-20(18)32/h1-12,37-38H,13-14,39-40H2,(H2,41,45,46)(H2,42,47,48). The maximum Gasteiger partial charge on any atom is 0.223 e. The molecule has 0 heterocycles. The number of sulfonamides is 2. The number of nitrogens with zero attached hydrogens (tertiary/aromatic N) is 2. The van der Waals surface area contributed by atoms with Crippen molar-refractivity contribution >= 4 is 107 Å². The molecule has 2 unspecified atom stereocenters. The summed E-state index contributed by atoms with van der Waals surface area (Å²) in [5, 5.41) is 36.9. The zero-order chi connectivity index (χ0) is 36.6. The molecule has 18 heteroatoms. The lowest BCUT2D eigenvalue weighted by molar-refractivity contribution is 0.555. The summed E-state index contributed by atoms with van der Waals surface area (Å²) in [5.74, 6) is 11.3. The summed E-state index contributed by atoms with van der Waals surface area (Å²) in [6, 6.07) is 20.1. The predicted octanol–water partition coefficient (Wildman–Crippen LogP) is 5.64. The van der Waals surface area contributed by atoms with E-state index in [2.05, 4.69) is 73.9 Å². The van der Waals surface area contributed by atoms with Gasteiger partial charge in [0.1, 0.15) is 9.49 Å². The molecule has 258 valence electrons. The van der Waals surface area contributed by atoms with E-state index in [-0.39, 0.29) is 46.8 Å². The van der Waals surface area contributed by atoms with Crippen LogP contribution in [-0.2, 0) is 29.5 Å². The SMILES string of the molecule is N=C1C(=NN)CC(c2c(Br)cc(-c3cc(Br)c(C4(S(N)(=O)=O)CC(=NN)C(=N)c5ccccc54)c(Br)c3)cc2Br)(S(N)(=O)=O)c2ccccc21. The average molecular weight is 970 g/mol. The summed E-state index contributed by atoms with van der Waals surface area (Å²) in [7, 11) is -8.88. The van der Waals surface area contributed by atoms with Gasteiger partial charge in [0.2, 0.25) is 20.0 Å². The fraction of sp³-hybridized carbons (Fsp3) is 0.125. The summed E-state index contributed by atoms with van der Waals surface area (Å²) in [6.45, 7) is 0. The van der Waals surface area contributed by atoms with Gasteiger partial charge in [0.15, 0.2) is 0 Å². The Kier molecular flexibility index (Phi) is 9.42. The lowest BCUT2D eigenvalue weighted by Gasteiger charge is -2.39. The number of hydrazone groups is 2. The topological polar surface area (TPSA) is 245 Å². The van der Waals surface area contributed by atoms with Crippen LogP contribution in [0.2, 0.25) is 0 Å². The lowest BCUT2D eigenvalue weighted by Crippen LogP contribution is -2.49. The molecule has 0 amide bonds. The Hall–Kier alpha value is -3.10. The molecule has 50 heavy (non-hydrogen) atoms. The van der Waals surface area contributed by atoms with Crippen molar-refractivity contribution in [3.8, 4) is 11.1 Å². The van der Waals surface area contributed by atoms with Gasteiger partial charge in [-0.15, -0.1) is 0 Å². The zero-order valence-electron chi connectivity index (χ0n) is 25.5. The van der Waals surface area contributed by atoms with Crippen LogP contribution in [-0.4, -0.2) is 39.7 Å². The highest BCUT2D eigenvalue weighted by molar-refractivity contribution is 9.11. The van der Waals surface area contributed by atoms with Crippen molar-refractivity contribution in [2.24, 2.45) is 32.2 Å². The Morgan fingerprint density at radius 3 is 1.16 bits per heavy atom. The van der Waals surface area contributed by atoms with E-state index in [1.165, 1.54) is 0 Å². The lowest BCUT2D eigenvalue weighted by atomic mass is 9.75. The third-order valence-corrected chi connectivity index (χ3v) is 14.8. The van der Waals surface area contributed by atoms with Crippen molar-refractivity contribution < 1.29 is 16.8 Å². The third kappa shape index (κ3) is 5.37. The molecule has 2 aliphatic carbocycles. The van der Waals surface area contributed by atoms with E-state index in [9.17, 15) is 16.8 Å². The van der Waals surface area contributed by atoms with Gasteiger partial charge in [-0.25, -0.2) is 27.1 Å². The number of rotatable bonds is 5.